The van der Waals surface area contributed by atoms with Gasteiger partial charge in [-0.05, 0) is 32.6 Å². The molecule has 82 valence electrons. The van der Waals surface area contributed by atoms with Crippen molar-refractivity contribution in [3.05, 3.63) is 22.6 Å². The molecule has 0 saturated heterocycles. The predicted octanol–water partition coefficient (Wildman–Crippen LogP) is 1.58. The van der Waals surface area contributed by atoms with Gasteiger partial charge < -0.3 is 4.74 Å². The zero-order chi connectivity index (χ0) is 10.7. The lowest BCUT2D eigenvalue weighted by Gasteiger charge is -2.14. The topological polar surface area (TPSA) is 44.1 Å². The van der Waals surface area contributed by atoms with Crippen molar-refractivity contribution in [1.82, 2.24) is 9.55 Å². The third-order valence-electron chi connectivity index (χ3n) is 2.79. The van der Waals surface area contributed by atoms with Gasteiger partial charge in [0.05, 0.1) is 0 Å². The summed E-state index contributed by atoms with van der Waals surface area (Å²) in [4.78, 5) is 15.6. The summed E-state index contributed by atoms with van der Waals surface area (Å²) < 4.78 is 7.30. The van der Waals surface area contributed by atoms with E-state index in [1.54, 1.807) is 4.57 Å². The summed E-state index contributed by atoms with van der Waals surface area (Å²) in [5.74, 6) is 0. The van der Waals surface area contributed by atoms with Crippen LogP contribution in [0.4, 0.5) is 0 Å². The molecule has 4 nitrogen and oxygen atoms in total. The molecule has 2 rings (SSSR count). The highest BCUT2D eigenvalue weighted by Crippen LogP contribution is 2.22. The summed E-state index contributed by atoms with van der Waals surface area (Å²) in [6.45, 7) is 2.53. The van der Waals surface area contributed by atoms with Crippen molar-refractivity contribution < 1.29 is 4.74 Å². The summed E-state index contributed by atoms with van der Waals surface area (Å²) in [7, 11) is 0. The first kappa shape index (κ1) is 10.2. The van der Waals surface area contributed by atoms with Gasteiger partial charge in [0.15, 0.2) is 0 Å². The van der Waals surface area contributed by atoms with E-state index < -0.39 is 0 Å². The third-order valence-corrected chi connectivity index (χ3v) is 2.79. The van der Waals surface area contributed by atoms with E-state index in [2.05, 4.69) is 4.98 Å². The lowest BCUT2D eigenvalue weighted by molar-refractivity contribution is 0.180. The number of ether oxygens (including phenoxy) is 1. The standard InChI is InChI=1S/C11H16N2O2/c1-2-13-10(14)7-8-12-11(13)15-9-5-3-4-6-9/h7-9H,2-6H2,1H3. The highest BCUT2D eigenvalue weighted by molar-refractivity contribution is 4.99. The Kier molecular flexibility index (Phi) is 3.04. The Labute approximate surface area is 88.9 Å². The molecule has 0 amide bonds. The van der Waals surface area contributed by atoms with Crippen LogP contribution in [-0.4, -0.2) is 15.7 Å². The first-order chi connectivity index (χ1) is 7.31. The van der Waals surface area contributed by atoms with Gasteiger partial charge in [-0.25, -0.2) is 4.98 Å². The van der Waals surface area contributed by atoms with Gasteiger partial charge >= 0.3 is 0 Å². The van der Waals surface area contributed by atoms with Crippen molar-refractivity contribution >= 4 is 0 Å². The highest BCUT2D eigenvalue weighted by atomic mass is 16.5. The van der Waals surface area contributed by atoms with E-state index >= 15 is 0 Å². The fourth-order valence-electron chi connectivity index (χ4n) is 1.96. The van der Waals surface area contributed by atoms with Crippen molar-refractivity contribution in [2.75, 3.05) is 0 Å². The largest absolute Gasteiger partial charge is 0.461 e. The van der Waals surface area contributed by atoms with E-state index in [9.17, 15) is 4.79 Å². The second kappa shape index (κ2) is 4.47. The van der Waals surface area contributed by atoms with Gasteiger partial charge in [-0.3, -0.25) is 9.36 Å². The maximum atomic E-state index is 11.5. The van der Waals surface area contributed by atoms with E-state index in [4.69, 9.17) is 4.74 Å². The van der Waals surface area contributed by atoms with E-state index in [0.29, 0.717) is 12.6 Å². The van der Waals surface area contributed by atoms with Gasteiger partial charge in [0.1, 0.15) is 6.10 Å². The van der Waals surface area contributed by atoms with E-state index in [-0.39, 0.29) is 11.7 Å². The fourth-order valence-corrected chi connectivity index (χ4v) is 1.96. The van der Waals surface area contributed by atoms with Crippen molar-refractivity contribution in [2.45, 2.75) is 45.3 Å². The van der Waals surface area contributed by atoms with Gasteiger partial charge in [-0.2, -0.15) is 0 Å². The zero-order valence-corrected chi connectivity index (χ0v) is 8.98. The minimum atomic E-state index is -0.0412. The van der Waals surface area contributed by atoms with Crippen LogP contribution in [0.15, 0.2) is 17.1 Å². The normalized spacial score (nSPS) is 16.9. The SMILES string of the molecule is CCn1c(OC2CCCC2)nccc1=O. The molecule has 1 aromatic rings. The summed E-state index contributed by atoms with van der Waals surface area (Å²) in [5.41, 5.74) is -0.0412. The smallest absolute Gasteiger partial charge is 0.299 e. The van der Waals surface area contributed by atoms with Crippen LogP contribution in [0, 0.1) is 0 Å². The predicted molar refractivity (Wildman–Crippen MR) is 57.1 cm³/mol. The molecule has 0 bridgehead atoms. The molecule has 1 fully saturated rings. The molecule has 1 heterocycles. The third kappa shape index (κ3) is 2.19. The van der Waals surface area contributed by atoms with Crippen LogP contribution in [0.25, 0.3) is 0 Å². The van der Waals surface area contributed by atoms with Crippen LogP contribution in [0.3, 0.4) is 0 Å². The molecule has 0 N–H and O–H groups in total. The quantitative estimate of drug-likeness (QED) is 0.757. The van der Waals surface area contributed by atoms with Gasteiger partial charge in [0, 0.05) is 18.8 Å². The minimum Gasteiger partial charge on any atom is -0.461 e. The van der Waals surface area contributed by atoms with E-state index in [1.165, 1.54) is 25.1 Å². The molecule has 0 spiro atoms. The van der Waals surface area contributed by atoms with Crippen molar-refractivity contribution in [2.24, 2.45) is 0 Å². The Hall–Kier alpha value is -1.32. The molecule has 1 aliphatic carbocycles. The van der Waals surface area contributed by atoms with Crippen LogP contribution in [0.1, 0.15) is 32.6 Å². The van der Waals surface area contributed by atoms with Gasteiger partial charge in [-0.1, -0.05) is 0 Å². The lowest BCUT2D eigenvalue weighted by atomic mass is 10.3. The summed E-state index contributed by atoms with van der Waals surface area (Å²) in [5, 5.41) is 0. The van der Waals surface area contributed by atoms with Crippen LogP contribution < -0.4 is 10.3 Å². The molecule has 15 heavy (non-hydrogen) atoms. The lowest BCUT2D eigenvalue weighted by Crippen LogP contribution is -2.24. The number of hydrogen-bond donors (Lipinski definition) is 0. The molecule has 1 saturated carbocycles. The van der Waals surface area contributed by atoms with Crippen molar-refractivity contribution in [3.63, 3.8) is 0 Å². The number of aromatic nitrogens is 2. The molecule has 0 radical (unpaired) electrons. The number of rotatable bonds is 3. The minimum absolute atomic E-state index is 0.0412. The van der Waals surface area contributed by atoms with Gasteiger partial charge in [0.2, 0.25) is 0 Å². The average Bonchev–Trinajstić information content (AvgIpc) is 2.71. The maximum Gasteiger partial charge on any atom is 0.299 e. The first-order valence-electron chi connectivity index (χ1n) is 5.53. The molecule has 1 aliphatic rings. The van der Waals surface area contributed by atoms with Gasteiger partial charge in [-0.15, -0.1) is 0 Å². The molecule has 0 atom stereocenters. The Bertz CT molecular complexity index is 380. The fraction of sp³-hybridized carbons (Fsp3) is 0.636. The van der Waals surface area contributed by atoms with Crippen LogP contribution in [0.5, 0.6) is 6.01 Å². The van der Waals surface area contributed by atoms with Crippen LogP contribution in [0.2, 0.25) is 0 Å². The number of hydrogen-bond acceptors (Lipinski definition) is 3. The summed E-state index contributed by atoms with van der Waals surface area (Å²) >= 11 is 0. The molecular weight excluding hydrogens is 192 g/mol. The molecule has 4 heteroatoms. The monoisotopic (exact) mass is 208 g/mol. The second-order valence-corrected chi connectivity index (χ2v) is 3.83. The van der Waals surface area contributed by atoms with Crippen LogP contribution >= 0.6 is 0 Å². The zero-order valence-electron chi connectivity index (χ0n) is 8.98. The van der Waals surface area contributed by atoms with Crippen molar-refractivity contribution in [3.8, 4) is 6.01 Å². The Balaban J connectivity index is 2.19. The van der Waals surface area contributed by atoms with E-state index in [0.717, 1.165) is 12.8 Å². The van der Waals surface area contributed by atoms with Crippen LogP contribution in [-0.2, 0) is 6.54 Å². The Morgan fingerprint density at radius 2 is 2.27 bits per heavy atom. The molecule has 0 unspecified atom stereocenters. The Morgan fingerprint density at radius 3 is 2.93 bits per heavy atom. The highest BCUT2D eigenvalue weighted by Gasteiger charge is 2.18. The second-order valence-electron chi connectivity index (χ2n) is 3.83. The van der Waals surface area contributed by atoms with Gasteiger partial charge in [0.25, 0.3) is 11.6 Å². The molecule has 1 aromatic heterocycles. The Morgan fingerprint density at radius 1 is 1.53 bits per heavy atom. The van der Waals surface area contributed by atoms with E-state index in [1.807, 2.05) is 6.92 Å². The first-order valence-corrected chi connectivity index (χ1v) is 5.53. The summed E-state index contributed by atoms with van der Waals surface area (Å²) in [6, 6.07) is 1.93. The molecule has 0 aliphatic heterocycles. The van der Waals surface area contributed by atoms with Crippen molar-refractivity contribution in [1.29, 1.82) is 0 Å². The molecule has 0 aromatic carbocycles. The molecular formula is C11H16N2O2. The number of nitrogens with zero attached hydrogens (tertiary/aromatic N) is 2. The summed E-state index contributed by atoms with van der Waals surface area (Å²) in [6.07, 6.45) is 6.35. The average molecular weight is 208 g/mol. The maximum absolute atomic E-state index is 11.5.